The van der Waals surface area contributed by atoms with Gasteiger partial charge in [-0.1, -0.05) is 23.2 Å². The van der Waals surface area contributed by atoms with E-state index < -0.39 is 0 Å². The number of piperazine rings is 1. The summed E-state index contributed by atoms with van der Waals surface area (Å²) in [7, 11) is 3.79. The van der Waals surface area contributed by atoms with Crippen molar-refractivity contribution in [3.05, 3.63) is 45.6 Å². The number of rotatable bonds is 4. The molecule has 0 spiro atoms. The molecule has 114 valence electrons. The number of carbonyl (C=O) groups excluding carboxylic acids is 1. The predicted molar refractivity (Wildman–Crippen MR) is 87.2 cm³/mol. The number of hydrogen-bond donors (Lipinski definition) is 2. The van der Waals surface area contributed by atoms with Crippen molar-refractivity contribution in [1.29, 1.82) is 0 Å². The molecule has 1 aromatic carbocycles. The summed E-state index contributed by atoms with van der Waals surface area (Å²) in [6, 6.07) is 4.92. The van der Waals surface area contributed by atoms with Crippen LogP contribution in [-0.4, -0.2) is 50.5 Å². The van der Waals surface area contributed by atoms with Crippen LogP contribution in [0.3, 0.4) is 0 Å². The van der Waals surface area contributed by atoms with Crippen molar-refractivity contribution < 1.29 is 4.79 Å². The summed E-state index contributed by atoms with van der Waals surface area (Å²) in [6.07, 6.45) is 1.85. The lowest BCUT2D eigenvalue weighted by Crippen LogP contribution is -2.50. The average Bonchev–Trinajstić information content (AvgIpc) is 2.45. The number of nitrogens with one attached hydrogen (secondary N) is 2. The maximum atomic E-state index is 12.8. The van der Waals surface area contributed by atoms with Gasteiger partial charge in [-0.15, -0.1) is 0 Å². The van der Waals surface area contributed by atoms with Gasteiger partial charge in [0.15, 0.2) is 5.78 Å². The molecule has 1 aliphatic heterocycles. The minimum atomic E-state index is -0.0773. The molecule has 6 heteroatoms. The first-order valence-corrected chi connectivity index (χ1v) is 7.56. The van der Waals surface area contributed by atoms with Crippen LogP contribution in [0.25, 0.3) is 0 Å². The van der Waals surface area contributed by atoms with E-state index in [1.54, 1.807) is 18.2 Å². The molecule has 0 bridgehead atoms. The van der Waals surface area contributed by atoms with Crippen LogP contribution in [0.2, 0.25) is 10.0 Å². The van der Waals surface area contributed by atoms with Crippen molar-refractivity contribution >= 4 is 29.0 Å². The second kappa shape index (κ2) is 7.27. The fourth-order valence-electron chi connectivity index (χ4n) is 2.29. The molecular weight excluding hydrogens is 309 g/mol. The van der Waals surface area contributed by atoms with Gasteiger partial charge in [0.05, 0.1) is 11.1 Å². The number of ketones is 1. The van der Waals surface area contributed by atoms with Crippen LogP contribution in [0.4, 0.5) is 0 Å². The van der Waals surface area contributed by atoms with Crippen molar-refractivity contribution in [3.8, 4) is 0 Å². The van der Waals surface area contributed by atoms with Crippen molar-refractivity contribution in [3.63, 3.8) is 0 Å². The topological polar surface area (TPSA) is 44.4 Å². The smallest absolute Gasteiger partial charge is 0.193 e. The van der Waals surface area contributed by atoms with E-state index in [-0.39, 0.29) is 11.8 Å². The Morgan fingerprint density at radius 1 is 1.33 bits per heavy atom. The third kappa shape index (κ3) is 4.20. The Morgan fingerprint density at radius 2 is 2.10 bits per heavy atom. The van der Waals surface area contributed by atoms with Crippen molar-refractivity contribution in [2.24, 2.45) is 0 Å². The summed E-state index contributed by atoms with van der Waals surface area (Å²) in [5, 5.41) is 7.55. The highest BCUT2D eigenvalue weighted by molar-refractivity contribution is 6.37. The van der Waals surface area contributed by atoms with E-state index in [9.17, 15) is 4.79 Å². The zero-order chi connectivity index (χ0) is 15.4. The molecule has 1 fully saturated rings. The Hall–Kier alpha value is -1.07. The first-order valence-electron chi connectivity index (χ1n) is 6.81. The molecule has 1 atom stereocenters. The molecule has 0 aliphatic carbocycles. The van der Waals surface area contributed by atoms with Gasteiger partial charge in [-0.05, 0) is 18.2 Å². The normalized spacial score (nSPS) is 19.4. The molecule has 1 unspecified atom stereocenters. The number of nitrogens with zero attached hydrogens (tertiary/aromatic N) is 1. The molecule has 1 saturated heterocycles. The van der Waals surface area contributed by atoms with Crippen LogP contribution in [0.1, 0.15) is 10.4 Å². The predicted octanol–water partition coefficient (Wildman–Crippen LogP) is 2.18. The minimum Gasteiger partial charge on any atom is -0.383 e. The number of carbonyl (C=O) groups is 1. The zero-order valence-electron chi connectivity index (χ0n) is 12.1. The second-order valence-electron chi connectivity index (χ2n) is 5.21. The van der Waals surface area contributed by atoms with Gasteiger partial charge >= 0.3 is 0 Å². The van der Waals surface area contributed by atoms with Crippen molar-refractivity contribution in [2.75, 3.05) is 33.7 Å². The SMILES string of the molecule is CN(C)/C=C(/C(=O)c1ccc(Cl)cc1Cl)C1CNCCN1. The molecule has 1 aliphatic rings. The Kier molecular flexibility index (Phi) is 5.65. The largest absolute Gasteiger partial charge is 0.383 e. The van der Waals surface area contributed by atoms with Gasteiger partial charge < -0.3 is 15.5 Å². The fourth-order valence-corrected chi connectivity index (χ4v) is 2.78. The Morgan fingerprint density at radius 3 is 2.67 bits per heavy atom. The number of hydrogen-bond acceptors (Lipinski definition) is 4. The second-order valence-corrected chi connectivity index (χ2v) is 6.06. The van der Waals surface area contributed by atoms with Gasteiger partial charge in [0.2, 0.25) is 0 Å². The van der Waals surface area contributed by atoms with Crippen molar-refractivity contribution in [1.82, 2.24) is 15.5 Å². The molecule has 4 nitrogen and oxygen atoms in total. The van der Waals surface area contributed by atoms with E-state index in [2.05, 4.69) is 10.6 Å². The third-order valence-corrected chi connectivity index (χ3v) is 3.80. The van der Waals surface area contributed by atoms with Crippen LogP contribution in [0, 0.1) is 0 Å². The molecule has 0 aromatic heterocycles. The van der Waals surface area contributed by atoms with Crippen LogP contribution >= 0.6 is 23.2 Å². The van der Waals surface area contributed by atoms with Crippen LogP contribution in [0.15, 0.2) is 30.0 Å². The van der Waals surface area contributed by atoms with Crippen LogP contribution in [-0.2, 0) is 0 Å². The van der Waals surface area contributed by atoms with Gasteiger partial charge in [0.25, 0.3) is 0 Å². The minimum absolute atomic E-state index is 0.0274. The van der Waals surface area contributed by atoms with E-state index in [0.717, 1.165) is 19.6 Å². The Bertz CT molecular complexity index is 552. The molecule has 1 heterocycles. The fraction of sp³-hybridized carbons (Fsp3) is 0.400. The number of benzene rings is 1. The Labute approximate surface area is 135 Å². The average molecular weight is 328 g/mol. The van der Waals surface area contributed by atoms with E-state index >= 15 is 0 Å². The van der Waals surface area contributed by atoms with Gasteiger partial charge in [0, 0.05) is 56.1 Å². The molecular formula is C15H19Cl2N3O. The summed E-state index contributed by atoms with van der Waals surface area (Å²) in [4.78, 5) is 14.7. The zero-order valence-corrected chi connectivity index (χ0v) is 13.6. The quantitative estimate of drug-likeness (QED) is 0.657. The third-order valence-electron chi connectivity index (χ3n) is 3.25. The van der Waals surface area contributed by atoms with E-state index in [1.807, 2.05) is 25.2 Å². The van der Waals surface area contributed by atoms with E-state index in [1.165, 1.54) is 0 Å². The lowest BCUT2D eigenvalue weighted by atomic mass is 9.96. The molecule has 1 aromatic rings. The van der Waals surface area contributed by atoms with Gasteiger partial charge in [-0.2, -0.15) is 0 Å². The highest BCUT2D eigenvalue weighted by Crippen LogP contribution is 2.24. The Balaban J connectivity index is 2.33. The van der Waals surface area contributed by atoms with Gasteiger partial charge in [-0.3, -0.25) is 4.79 Å². The van der Waals surface area contributed by atoms with Gasteiger partial charge in [0.1, 0.15) is 0 Å². The highest BCUT2D eigenvalue weighted by atomic mass is 35.5. The molecule has 0 radical (unpaired) electrons. The molecule has 2 N–H and O–H groups in total. The molecule has 0 saturated carbocycles. The molecule has 2 rings (SSSR count). The number of Topliss-reactive ketones (excluding diaryl/α,β-unsaturated/α-hetero) is 1. The van der Waals surface area contributed by atoms with Crippen molar-refractivity contribution in [2.45, 2.75) is 6.04 Å². The standard InChI is InChI=1S/C15H19Cl2N3O/c1-20(2)9-12(14-8-18-5-6-19-14)15(21)11-4-3-10(16)7-13(11)17/h3-4,7,9,14,18-19H,5-6,8H2,1-2H3/b12-9+. The van der Waals surface area contributed by atoms with E-state index in [0.29, 0.717) is 21.2 Å². The lowest BCUT2D eigenvalue weighted by molar-refractivity contribution is 0.102. The van der Waals surface area contributed by atoms with Gasteiger partial charge in [-0.25, -0.2) is 0 Å². The monoisotopic (exact) mass is 327 g/mol. The first-order chi connectivity index (χ1) is 9.99. The summed E-state index contributed by atoms with van der Waals surface area (Å²) in [6.45, 7) is 2.45. The maximum Gasteiger partial charge on any atom is 0.193 e. The van der Waals surface area contributed by atoms with Crippen LogP contribution < -0.4 is 10.6 Å². The van der Waals surface area contributed by atoms with Crippen LogP contribution in [0.5, 0.6) is 0 Å². The number of halogens is 2. The molecule has 21 heavy (non-hydrogen) atoms. The summed E-state index contributed by atoms with van der Waals surface area (Å²) in [5.41, 5.74) is 1.16. The highest BCUT2D eigenvalue weighted by Gasteiger charge is 2.25. The molecule has 0 amide bonds. The lowest BCUT2D eigenvalue weighted by Gasteiger charge is -2.27. The summed E-state index contributed by atoms with van der Waals surface area (Å²) in [5.74, 6) is -0.0773. The van der Waals surface area contributed by atoms with E-state index in [4.69, 9.17) is 23.2 Å². The first kappa shape index (κ1) is 16.3. The summed E-state index contributed by atoms with van der Waals surface area (Å²) >= 11 is 12.1. The summed E-state index contributed by atoms with van der Waals surface area (Å²) < 4.78 is 0. The maximum absolute atomic E-state index is 12.8.